The van der Waals surface area contributed by atoms with Gasteiger partial charge in [0.1, 0.15) is 12.4 Å². The van der Waals surface area contributed by atoms with E-state index in [0.29, 0.717) is 43.3 Å². The van der Waals surface area contributed by atoms with Crippen molar-refractivity contribution in [2.45, 2.75) is 50.7 Å². The number of carbonyl (C=O) groups is 1. The standard InChI is InChI=1S/C33H37ClFN7O2/c1-22(35)32(43)42-18-17-41(19-24(42)13-14-36)31-26-10-6-16-40(29-12-4-8-23-7-3-11-27(34)30(23)29)20-28(26)37-33(38-31)44-21-25-9-5-15-39(25)2/h3-4,7-8,11-12,24-25H,1,5-6,9-10,13,15-21H2,2H3/t24-,25-/m0/s1. The molecule has 0 N–H and O–H groups in total. The number of fused-ring (bicyclic) bond motifs is 2. The van der Waals surface area contributed by atoms with Crippen molar-refractivity contribution in [1.82, 2.24) is 19.8 Å². The predicted octanol–water partition coefficient (Wildman–Crippen LogP) is 5.12. The minimum Gasteiger partial charge on any atom is -0.462 e. The van der Waals surface area contributed by atoms with Crippen molar-refractivity contribution in [3.05, 3.63) is 65.1 Å². The highest BCUT2D eigenvalue weighted by Crippen LogP contribution is 2.37. The van der Waals surface area contributed by atoms with Gasteiger partial charge in [-0.25, -0.2) is 4.39 Å². The molecule has 0 unspecified atom stereocenters. The quantitative estimate of drug-likeness (QED) is 0.338. The molecule has 2 aromatic carbocycles. The average Bonchev–Trinajstić information content (AvgIpc) is 3.31. The molecule has 11 heteroatoms. The van der Waals surface area contributed by atoms with E-state index in [2.05, 4.69) is 58.7 Å². The van der Waals surface area contributed by atoms with Crippen LogP contribution in [0.4, 0.5) is 15.9 Å². The van der Waals surface area contributed by atoms with Crippen molar-refractivity contribution in [2.24, 2.45) is 0 Å². The molecule has 0 radical (unpaired) electrons. The molecular weight excluding hydrogens is 581 g/mol. The molecule has 0 saturated carbocycles. The number of nitrogens with zero attached hydrogens (tertiary/aromatic N) is 7. The summed E-state index contributed by atoms with van der Waals surface area (Å²) in [7, 11) is 2.11. The van der Waals surface area contributed by atoms with Crippen LogP contribution in [0.25, 0.3) is 10.8 Å². The summed E-state index contributed by atoms with van der Waals surface area (Å²) in [5, 5.41) is 12.3. The van der Waals surface area contributed by atoms with Crippen molar-refractivity contribution >= 4 is 39.8 Å². The summed E-state index contributed by atoms with van der Waals surface area (Å²) in [4.78, 5) is 30.6. The lowest BCUT2D eigenvalue weighted by Crippen LogP contribution is -2.55. The molecule has 2 fully saturated rings. The summed E-state index contributed by atoms with van der Waals surface area (Å²) in [6.45, 7) is 7.14. The van der Waals surface area contributed by atoms with Crippen LogP contribution in [-0.2, 0) is 17.8 Å². The summed E-state index contributed by atoms with van der Waals surface area (Å²) in [6, 6.07) is 14.5. The lowest BCUT2D eigenvalue weighted by molar-refractivity contribution is -0.131. The largest absolute Gasteiger partial charge is 0.462 e. The van der Waals surface area contributed by atoms with E-state index in [9.17, 15) is 14.4 Å². The first-order chi connectivity index (χ1) is 21.3. The monoisotopic (exact) mass is 617 g/mol. The third-order valence-electron chi connectivity index (χ3n) is 9.10. The summed E-state index contributed by atoms with van der Waals surface area (Å²) in [5.41, 5.74) is 2.98. The molecule has 0 aliphatic carbocycles. The van der Waals surface area contributed by atoms with Gasteiger partial charge < -0.3 is 24.3 Å². The third kappa shape index (κ3) is 6.04. The fraction of sp³-hybridized carbons (Fsp3) is 0.455. The number of rotatable bonds is 7. The number of carbonyl (C=O) groups excluding carboxylic acids is 1. The Morgan fingerprint density at radius 3 is 2.68 bits per heavy atom. The van der Waals surface area contributed by atoms with E-state index in [-0.39, 0.29) is 13.0 Å². The van der Waals surface area contributed by atoms with Gasteiger partial charge >= 0.3 is 6.01 Å². The molecule has 3 aliphatic rings. The Morgan fingerprint density at radius 2 is 1.93 bits per heavy atom. The number of benzene rings is 2. The number of nitriles is 1. The van der Waals surface area contributed by atoms with Crippen LogP contribution in [0, 0.1) is 11.3 Å². The summed E-state index contributed by atoms with van der Waals surface area (Å²) in [5.74, 6) is -1.02. The van der Waals surface area contributed by atoms with Crippen LogP contribution in [0.15, 0.2) is 48.8 Å². The van der Waals surface area contributed by atoms with Crippen LogP contribution in [-0.4, -0.2) is 84.1 Å². The molecule has 44 heavy (non-hydrogen) atoms. The van der Waals surface area contributed by atoms with Crippen LogP contribution < -0.4 is 14.5 Å². The van der Waals surface area contributed by atoms with Crippen molar-refractivity contribution in [1.29, 1.82) is 5.26 Å². The van der Waals surface area contributed by atoms with E-state index in [4.69, 9.17) is 26.3 Å². The maximum Gasteiger partial charge on any atom is 0.318 e. The Morgan fingerprint density at radius 1 is 1.11 bits per heavy atom. The van der Waals surface area contributed by atoms with Crippen molar-refractivity contribution in [3.8, 4) is 12.1 Å². The summed E-state index contributed by atoms with van der Waals surface area (Å²) < 4.78 is 20.1. The van der Waals surface area contributed by atoms with Gasteiger partial charge in [0.05, 0.1) is 35.8 Å². The number of likely N-dealkylation sites (tertiary alicyclic amines) is 1. The molecule has 0 bridgehead atoms. The molecule has 2 saturated heterocycles. The SMILES string of the molecule is C=C(F)C(=O)N1CCN(c2nc(OC[C@@H]3CCCN3C)nc3c2CCCN(c2cccc4cccc(Cl)c24)C3)C[C@@H]1CC#N. The summed E-state index contributed by atoms with van der Waals surface area (Å²) in [6.07, 6.45) is 3.91. The smallest absolute Gasteiger partial charge is 0.318 e. The topological polar surface area (TPSA) is 88.8 Å². The Balaban J connectivity index is 1.36. The lowest BCUT2D eigenvalue weighted by Gasteiger charge is -2.41. The molecule has 1 aromatic heterocycles. The van der Waals surface area contributed by atoms with Gasteiger partial charge in [0.25, 0.3) is 5.91 Å². The van der Waals surface area contributed by atoms with Crippen LogP contribution in [0.2, 0.25) is 5.02 Å². The molecular formula is C33H37ClFN7O2. The third-order valence-corrected chi connectivity index (χ3v) is 9.41. The van der Waals surface area contributed by atoms with Crippen molar-refractivity contribution in [2.75, 3.05) is 56.2 Å². The maximum absolute atomic E-state index is 13.8. The lowest BCUT2D eigenvalue weighted by atomic mass is 10.1. The molecule has 0 spiro atoms. The number of likely N-dealkylation sites (N-methyl/N-ethyl adjacent to an activating group) is 1. The van der Waals surface area contributed by atoms with Crippen LogP contribution >= 0.6 is 11.6 Å². The maximum atomic E-state index is 13.8. The molecule has 1 amide bonds. The van der Waals surface area contributed by atoms with E-state index < -0.39 is 17.8 Å². The Bertz CT molecular complexity index is 1610. The number of anilines is 2. The highest BCUT2D eigenvalue weighted by Gasteiger charge is 2.34. The number of hydrogen-bond acceptors (Lipinski definition) is 8. The Labute approximate surface area is 262 Å². The minimum atomic E-state index is -1.02. The minimum absolute atomic E-state index is 0.0792. The number of amides is 1. The van der Waals surface area contributed by atoms with E-state index in [1.807, 2.05) is 12.1 Å². The Hall–Kier alpha value is -3.94. The highest BCUT2D eigenvalue weighted by atomic mass is 35.5. The van der Waals surface area contributed by atoms with E-state index in [1.54, 1.807) is 0 Å². The number of hydrogen-bond donors (Lipinski definition) is 0. The number of ether oxygens (including phenoxy) is 1. The van der Waals surface area contributed by atoms with Crippen LogP contribution in [0.5, 0.6) is 6.01 Å². The van der Waals surface area contributed by atoms with Gasteiger partial charge in [-0.3, -0.25) is 4.79 Å². The summed E-state index contributed by atoms with van der Waals surface area (Å²) >= 11 is 6.72. The van der Waals surface area contributed by atoms with Gasteiger partial charge in [0.2, 0.25) is 0 Å². The second kappa shape index (κ2) is 13.0. The second-order valence-electron chi connectivity index (χ2n) is 11.8. The number of aromatic nitrogens is 2. The molecule has 9 nitrogen and oxygen atoms in total. The normalized spacial score (nSPS) is 20.7. The van der Waals surface area contributed by atoms with Crippen molar-refractivity contribution < 1.29 is 13.9 Å². The number of halogens is 2. The first-order valence-electron chi connectivity index (χ1n) is 15.3. The van der Waals surface area contributed by atoms with Crippen LogP contribution in [0.1, 0.15) is 36.9 Å². The first-order valence-corrected chi connectivity index (χ1v) is 15.6. The highest BCUT2D eigenvalue weighted by molar-refractivity contribution is 6.36. The van der Waals surface area contributed by atoms with Gasteiger partial charge in [0.15, 0.2) is 5.83 Å². The van der Waals surface area contributed by atoms with E-state index >= 15 is 0 Å². The van der Waals surface area contributed by atoms with Gasteiger partial charge in [-0.15, -0.1) is 0 Å². The second-order valence-corrected chi connectivity index (χ2v) is 12.3. The average molecular weight is 618 g/mol. The zero-order chi connectivity index (χ0) is 30.8. The fourth-order valence-electron chi connectivity index (χ4n) is 6.77. The van der Waals surface area contributed by atoms with Crippen LogP contribution in [0.3, 0.4) is 0 Å². The molecule has 2 atom stereocenters. The van der Waals surface area contributed by atoms with Gasteiger partial charge in [-0.2, -0.15) is 15.2 Å². The van der Waals surface area contributed by atoms with E-state index in [0.717, 1.165) is 72.3 Å². The zero-order valence-corrected chi connectivity index (χ0v) is 25.8. The molecule has 230 valence electrons. The van der Waals surface area contributed by atoms with Gasteiger partial charge in [-0.1, -0.05) is 42.4 Å². The molecule has 4 heterocycles. The predicted molar refractivity (Wildman–Crippen MR) is 170 cm³/mol. The Kier molecular flexibility index (Phi) is 8.87. The zero-order valence-electron chi connectivity index (χ0n) is 25.0. The fourth-order valence-corrected chi connectivity index (χ4v) is 7.05. The van der Waals surface area contributed by atoms with Crippen molar-refractivity contribution in [3.63, 3.8) is 0 Å². The van der Waals surface area contributed by atoms with E-state index in [1.165, 1.54) is 4.90 Å². The molecule has 3 aromatic rings. The molecule has 6 rings (SSSR count). The number of piperazine rings is 1. The van der Waals surface area contributed by atoms with Gasteiger partial charge in [-0.05, 0) is 56.8 Å². The molecule has 3 aliphatic heterocycles. The van der Waals surface area contributed by atoms with Gasteiger partial charge in [0, 0.05) is 48.9 Å². The first kappa shape index (κ1) is 30.1.